The summed E-state index contributed by atoms with van der Waals surface area (Å²) in [6, 6.07) is 15.0. The fourth-order valence-electron chi connectivity index (χ4n) is 2.80. The van der Waals surface area contributed by atoms with E-state index in [2.05, 4.69) is 4.98 Å². The van der Waals surface area contributed by atoms with Crippen LogP contribution in [0, 0.1) is 6.92 Å². The Morgan fingerprint density at radius 1 is 1.19 bits per heavy atom. The van der Waals surface area contributed by atoms with Gasteiger partial charge in [-0.15, -0.1) is 0 Å². The van der Waals surface area contributed by atoms with E-state index in [-0.39, 0.29) is 17.9 Å². The fraction of sp³-hybridized carbons (Fsp3) is 0.286. The van der Waals surface area contributed by atoms with Crippen LogP contribution in [0.25, 0.3) is 10.9 Å². The Morgan fingerprint density at radius 3 is 2.81 bits per heavy atom. The summed E-state index contributed by atoms with van der Waals surface area (Å²) >= 11 is 0. The molecule has 6 heteroatoms. The van der Waals surface area contributed by atoms with E-state index in [1.54, 1.807) is 24.1 Å². The van der Waals surface area contributed by atoms with Crippen LogP contribution in [0.2, 0.25) is 0 Å². The van der Waals surface area contributed by atoms with Crippen molar-refractivity contribution in [3.05, 3.63) is 70.8 Å². The van der Waals surface area contributed by atoms with Crippen LogP contribution in [0.4, 0.5) is 0 Å². The minimum Gasteiger partial charge on any atom is -0.492 e. The number of benzene rings is 2. The SMILES string of the molecule is Cc1cccc(OCCN(C)C(=O)CCn2cnc3ccccc3c2=O)c1. The molecule has 0 saturated heterocycles. The Hall–Kier alpha value is -3.15. The number of amides is 1. The van der Waals surface area contributed by atoms with Gasteiger partial charge in [0, 0.05) is 20.0 Å². The summed E-state index contributed by atoms with van der Waals surface area (Å²) in [4.78, 5) is 30.7. The van der Waals surface area contributed by atoms with Gasteiger partial charge in [-0.2, -0.15) is 0 Å². The molecule has 0 aliphatic heterocycles. The van der Waals surface area contributed by atoms with Crippen LogP contribution >= 0.6 is 0 Å². The van der Waals surface area contributed by atoms with E-state index in [4.69, 9.17) is 4.74 Å². The van der Waals surface area contributed by atoms with Crippen molar-refractivity contribution < 1.29 is 9.53 Å². The van der Waals surface area contributed by atoms with Crippen LogP contribution in [-0.2, 0) is 11.3 Å². The van der Waals surface area contributed by atoms with E-state index < -0.39 is 0 Å². The highest BCUT2D eigenvalue weighted by molar-refractivity contribution is 5.77. The summed E-state index contributed by atoms with van der Waals surface area (Å²) in [6.07, 6.45) is 1.74. The molecule has 1 heterocycles. The number of aryl methyl sites for hydroxylation is 2. The molecule has 0 N–H and O–H groups in total. The van der Waals surface area contributed by atoms with Gasteiger partial charge in [-0.25, -0.2) is 4.98 Å². The molecule has 2 aromatic carbocycles. The number of carbonyl (C=O) groups is 1. The minimum atomic E-state index is -0.126. The molecule has 0 radical (unpaired) electrons. The molecule has 0 spiro atoms. The lowest BCUT2D eigenvalue weighted by Gasteiger charge is -2.18. The summed E-state index contributed by atoms with van der Waals surface area (Å²) in [5.41, 5.74) is 1.67. The van der Waals surface area contributed by atoms with Crippen molar-refractivity contribution in [1.29, 1.82) is 0 Å². The number of carbonyl (C=O) groups excluding carboxylic acids is 1. The second-order valence-electron chi connectivity index (χ2n) is 6.49. The summed E-state index contributed by atoms with van der Waals surface area (Å²) in [6.45, 7) is 3.21. The largest absolute Gasteiger partial charge is 0.492 e. The van der Waals surface area contributed by atoms with Gasteiger partial charge in [-0.1, -0.05) is 24.3 Å². The van der Waals surface area contributed by atoms with E-state index in [9.17, 15) is 9.59 Å². The first-order valence-electron chi connectivity index (χ1n) is 8.92. The van der Waals surface area contributed by atoms with Crippen LogP contribution in [0.3, 0.4) is 0 Å². The molecule has 0 aliphatic carbocycles. The zero-order chi connectivity index (χ0) is 19.2. The molecule has 140 valence electrons. The van der Waals surface area contributed by atoms with E-state index in [0.29, 0.717) is 30.6 Å². The first kappa shape index (κ1) is 18.6. The number of para-hydroxylation sites is 1. The Kier molecular flexibility index (Phi) is 5.86. The van der Waals surface area contributed by atoms with Crippen molar-refractivity contribution in [3.8, 4) is 5.75 Å². The van der Waals surface area contributed by atoms with Crippen molar-refractivity contribution in [2.75, 3.05) is 20.2 Å². The van der Waals surface area contributed by atoms with Crippen molar-refractivity contribution in [1.82, 2.24) is 14.5 Å². The van der Waals surface area contributed by atoms with Crippen molar-refractivity contribution in [2.24, 2.45) is 0 Å². The normalized spacial score (nSPS) is 10.7. The molecule has 3 aromatic rings. The lowest BCUT2D eigenvalue weighted by Crippen LogP contribution is -2.32. The number of fused-ring (bicyclic) bond motifs is 1. The lowest BCUT2D eigenvalue weighted by molar-refractivity contribution is -0.130. The minimum absolute atomic E-state index is 0.0390. The van der Waals surface area contributed by atoms with Crippen LogP contribution in [0.1, 0.15) is 12.0 Å². The van der Waals surface area contributed by atoms with Gasteiger partial charge in [0.1, 0.15) is 12.4 Å². The Labute approximate surface area is 158 Å². The van der Waals surface area contributed by atoms with Crippen LogP contribution in [0.15, 0.2) is 59.7 Å². The Balaban J connectivity index is 1.51. The van der Waals surface area contributed by atoms with Gasteiger partial charge >= 0.3 is 0 Å². The fourth-order valence-corrected chi connectivity index (χ4v) is 2.80. The quantitative estimate of drug-likeness (QED) is 0.646. The molecule has 3 rings (SSSR count). The number of rotatable bonds is 7. The highest BCUT2D eigenvalue weighted by Crippen LogP contribution is 2.12. The number of ether oxygens (including phenoxy) is 1. The molecule has 0 saturated carbocycles. The van der Waals surface area contributed by atoms with Crippen molar-refractivity contribution >= 4 is 16.8 Å². The molecule has 0 unspecified atom stereocenters. The van der Waals surface area contributed by atoms with Gasteiger partial charge in [0.05, 0.1) is 23.8 Å². The predicted octanol–water partition coefficient (Wildman–Crippen LogP) is 2.63. The molecule has 0 atom stereocenters. The second-order valence-corrected chi connectivity index (χ2v) is 6.49. The molecular weight excluding hydrogens is 342 g/mol. The maximum absolute atomic E-state index is 12.4. The van der Waals surface area contributed by atoms with Crippen LogP contribution < -0.4 is 10.3 Å². The summed E-state index contributed by atoms with van der Waals surface area (Å²) in [7, 11) is 1.74. The number of hydrogen-bond acceptors (Lipinski definition) is 4. The van der Waals surface area contributed by atoms with Gasteiger partial charge in [0.25, 0.3) is 5.56 Å². The third-order valence-corrected chi connectivity index (χ3v) is 4.41. The third-order valence-electron chi connectivity index (χ3n) is 4.41. The van der Waals surface area contributed by atoms with E-state index in [0.717, 1.165) is 11.3 Å². The molecule has 27 heavy (non-hydrogen) atoms. The van der Waals surface area contributed by atoms with Gasteiger partial charge in [-0.05, 0) is 36.8 Å². The monoisotopic (exact) mass is 365 g/mol. The van der Waals surface area contributed by atoms with Gasteiger partial charge in [-0.3, -0.25) is 14.2 Å². The molecular formula is C21H23N3O3. The maximum atomic E-state index is 12.4. The first-order chi connectivity index (χ1) is 13.0. The molecule has 0 aliphatic rings. The highest BCUT2D eigenvalue weighted by atomic mass is 16.5. The Bertz CT molecular complexity index is 997. The Morgan fingerprint density at radius 2 is 2.00 bits per heavy atom. The first-order valence-corrected chi connectivity index (χ1v) is 8.92. The standard InChI is InChI=1S/C21H23N3O3/c1-16-6-5-7-17(14-16)27-13-12-23(2)20(25)10-11-24-15-22-19-9-4-3-8-18(19)21(24)26/h3-9,14-15H,10-13H2,1-2H3. The average Bonchev–Trinajstić information content (AvgIpc) is 2.67. The van der Waals surface area contributed by atoms with Gasteiger partial charge < -0.3 is 9.64 Å². The molecule has 6 nitrogen and oxygen atoms in total. The molecule has 0 bridgehead atoms. The molecule has 1 amide bonds. The van der Waals surface area contributed by atoms with Gasteiger partial charge in [0.2, 0.25) is 5.91 Å². The summed E-state index contributed by atoms with van der Waals surface area (Å²) in [5.74, 6) is 0.757. The average molecular weight is 365 g/mol. The molecule has 0 fully saturated rings. The van der Waals surface area contributed by atoms with Crippen molar-refractivity contribution in [2.45, 2.75) is 19.9 Å². The smallest absolute Gasteiger partial charge is 0.261 e. The second kappa shape index (κ2) is 8.49. The van der Waals surface area contributed by atoms with Crippen LogP contribution in [-0.4, -0.2) is 40.6 Å². The predicted molar refractivity (Wildman–Crippen MR) is 105 cm³/mol. The van der Waals surface area contributed by atoms with Crippen LogP contribution in [0.5, 0.6) is 5.75 Å². The topological polar surface area (TPSA) is 64.4 Å². The highest BCUT2D eigenvalue weighted by Gasteiger charge is 2.10. The zero-order valence-corrected chi connectivity index (χ0v) is 15.6. The van der Waals surface area contributed by atoms with E-state index in [1.165, 1.54) is 10.9 Å². The number of nitrogens with zero attached hydrogens (tertiary/aromatic N) is 3. The maximum Gasteiger partial charge on any atom is 0.261 e. The number of aromatic nitrogens is 2. The van der Waals surface area contributed by atoms with Gasteiger partial charge in [0.15, 0.2) is 0 Å². The number of hydrogen-bond donors (Lipinski definition) is 0. The summed E-state index contributed by atoms with van der Waals surface area (Å²) < 4.78 is 7.16. The number of likely N-dealkylation sites (N-methyl/N-ethyl adjacent to an activating group) is 1. The van der Waals surface area contributed by atoms with E-state index >= 15 is 0 Å². The zero-order valence-electron chi connectivity index (χ0n) is 15.6. The van der Waals surface area contributed by atoms with Crippen molar-refractivity contribution in [3.63, 3.8) is 0 Å². The summed E-state index contributed by atoms with van der Waals surface area (Å²) in [5, 5.41) is 0.562. The third kappa shape index (κ3) is 4.73. The van der Waals surface area contributed by atoms with E-state index in [1.807, 2.05) is 43.3 Å². The molecule has 1 aromatic heterocycles. The lowest BCUT2D eigenvalue weighted by atomic mass is 10.2.